The second kappa shape index (κ2) is 6.29. The van der Waals surface area contributed by atoms with Crippen molar-refractivity contribution < 1.29 is 4.39 Å². The van der Waals surface area contributed by atoms with Crippen LogP contribution in [0.5, 0.6) is 0 Å². The van der Waals surface area contributed by atoms with Crippen molar-refractivity contribution in [3.05, 3.63) is 60.5 Å². The number of hydrogen-bond donors (Lipinski definition) is 1. The van der Waals surface area contributed by atoms with Gasteiger partial charge < -0.3 is 5.32 Å². The van der Waals surface area contributed by atoms with E-state index in [2.05, 4.69) is 35.3 Å². The van der Waals surface area contributed by atoms with Crippen molar-refractivity contribution >= 4 is 26.7 Å². The zero-order valence-electron chi connectivity index (χ0n) is 13.9. The number of thiazole rings is 1. The minimum atomic E-state index is -0.277. The van der Waals surface area contributed by atoms with Crippen molar-refractivity contribution in [2.24, 2.45) is 0 Å². The predicted octanol–water partition coefficient (Wildman–Crippen LogP) is 5.11. The molecule has 2 aromatic heterocycles. The number of hydrogen-bond acceptors (Lipinski definition) is 4. The van der Waals surface area contributed by atoms with Crippen molar-refractivity contribution in [3.8, 4) is 16.9 Å². The molecule has 4 rings (SSSR count). The topological polar surface area (TPSA) is 42.7 Å². The van der Waals surface area contributed by atoms with Gasteiger partial charge in [0.2, 0.25) is 0 Å². The first-order valence-electron chi connectivity index (χ1n) is 8.07. The molecule has 0 bridgehead atoms. The predicted molar refractivity (Wildman–Crippen MR) is 101 cm³/mol. The molecule has 0 aliphatic rings. The van der Waals surface area contributed by atoms with Gasteiger partial charge in [0.05, 0.1) is 27.8 Å². The molecule has 4 nitrogen and oxygen atoms in total. The number of benzene rings is 2. The van der Waals surface area contributed by atoms with Gasteiger partial charge in [-0.15, -0.1) is 0 Å². The lowest BCUT2D eigenvalue weighted by molar-refractivity contribution is 0.625. The second-order valence-corrected chi connectivity index (χ2v) is 7.14. The lowest BCUT2D eigenvalue weighted by Crippen LogP contribution is -2.08. The van der Waals surface area contributed by atoms with Gasteiger partial charge in [0, 0.05) is 11.6 Å². The molecule has 1 N–H and O–H groups in total. The molecule has 0 fully saturated rings. The minimum Gasteiger partial charge on any atom is -0.359 e. The SMILES string of the molecule is CC(C)Nc1nc2ccc(-c3ccnn3-c3cccc(F)c3)cc2s1. The van der Waals surface area contributed by atoms with Gasteiger partial charge in [-0.2, -0.15) is 5.10 Å². The van der Waals surface area contributed by atoms with Gasteiger partial charge in [0.1, 0.15) is 5.82 Å². The first kappa shape index (κ1) is 15.8. The molecule has 0 amide bonds. The molecule has 25 heavy (non-hydrogen) atoms. The fourth-order valence-electron chi connectivity index (χ4n) is 2.73. The highest BCUT2D eigenvalue weighted by Crippen LogP contribution is 2.31. The summed E-state index contributed by atoms with van der Waals surface area (Å²) in [5.41, 5.74) is 3.61. The first-order valence-corrected chi connectivity index (χ1v) is 8.89. The van der Waals surface area contributed by atoms with E-state index in [1.54, 1.807) is 28.3 Å². The zero-order chi connectivity index (χ0) is 17.4. The van der Waals surface area contributed by atoms with Gasteiger partial charge >= 0.3 is 0 Å². The summed E-state index contributed by atoms with van der Waals surface area (Å²) in [5, 5.41) is 8.61. The van der Waals surface area contributed by atoms with Crippen molar-refractivity contribution in [1.29, 1.82) is 0 Å². The van der Waals surface area contributed by atoms with Crippen LogP contribution in [0, 0.1) is 5.82 Å². The summed E-state index contributed by atoms with van der Waals surface area (Å²) in [6.45, 7) is 4.18. The third kappa shape index (κ3) is 3.13. The number of nitrogens with zero attached hydrogens (tertiary/aromatic N) is 3. The van der Waals surface area contributed by atoms with Crippen molar-refractivity contribution in [3.63, 3.8) is 0 Å². The Hall–Kier alpha value is -2.73. The summed E-state index contributed by atoms with van der Waals surface area (Å²) in [6.07, 6.45) is 1.73. The molecule has 6 heteroatoms. The van der Waals surface area contributed by atoms with E-state index in [1.165, 1.54) is 12.1 Å². The van der Waals surface area contributed by atoms with Gasteiger partial charge in [-0.1, -0.05) is 23.5 Å². The number of halogens is 1. The number of anilines is 1. The summed E-state index contributed by atoms with van der Waals surface area (Å²) in [4.78, 5) is 4.60. The highest BCUT2D eigenvalue weighted by molar-refractivity contribution is 7.22. The Morgan fingerprint density at radius 2 is 2.00 bits per heavy atom. The first-order chi connectivity index (χ1) is 12.1. The van der Waals surface area contributed by atoms with Crippen LogP contribution in [0.25, 0.3) is 27.2 Å². The van der Waals surface area contributed by atoms with Gasteiger partial charge in [-0.25, -0.2) is 14.1 Å². The van der Waals surface area contributed by atoms with E-state index in [0.29, 0.717) is 11.7 Å². The fourth-order valence-corrected chi connectivity index (χ4v) is 3.78. The summed E-state index contributed by atoms with van der Waals surface area (Å²) >= 11 is 1.63. The second-order valence-electron chi connectivity index (χ2n) is 6.11. The smallest absolute Gasteiger partial charge is 0.183 e. The van der Waals surface area contributed by atoms with E-state index < -0.39 is 0 Å². The van der Waals surface area contributed by atoms with Gasteiger partial charge in [0.25, 0.3) is 0 Å². The van der Waals surface area contributed by atoms with Crippen molar-refractivity contribution in [2.45, 2.75) is 19.9 Å². The van der Waals surface area contributed by atoms with Crippen LogP contribution in [0.15, 0.2) is 54.7 Å². The average Bonchev–Trinajstić information content (AvgIpc) is 3.19. The van der Waals surface area contributed by atoms with Crippen LogP contribution in [-0.2, 0) is 0 Å². The molecule has 4 aromatic rings. The summed E-state index contributed by atoms with van der Waals surface area (Å²) in [7, 11) is 0. The Bertz CT molecular complexity index is 1030. The number of rotatable bonds is 4. The van der Waals surface area contributed by atoms with E-state index in [-0.39, 0.29) is 5.82 Å². The standard InChI is InChI=1S/C19H17FN4S/c1-12(2)22-19-23-16-7-6-13(10-18(16)25-19)17-8-9-21-24(17)15-5-3-4-14(20)11-15/h3-12H,1-2H3,(H,22,23). The fraction of sp³-hybridized carbons (Fsp3) is 0.158. The van der Waals surface area contributed by atoms with Crippen LogP contribution < -0.4 is 5.32 Å². The van der Waals surface area contributed by atoms with Crippen LogP contribution >= 0.6 is 11.3 Å². The van der Waals surface area contributed by atoms with Crippen molar-refractivity contribution in [2.75, 3.05) is 5.32 Å². The molecule has 0 radical (unpaired) electrons. The molecule has 0 spiro atoms. The molecular formula is C19H17FN4S. The highest BCUT2D eigenvalue weighted by atomic mass is 32.1. The third-order valence-corrected chi connectivity index (χ3v) is 4.74. The number of nitrogens with one attached hydrogen (secondary N) is 1. The monoisotopic (exact) mass is 352 g/mol. The van der Waals surface area contributed by atoms with Gasteiger partial charge in [-0.3, -0.25) is 0 Å². The molecule has 2 heterocycles. The lowest BCUT2D eigenvalue weighted by Gasteiger charge is -2.07. The van der Waals surface area contributed by atoms with E-state index >= 15 is 0 Å². The van der Waals surface area contributed by atoms with Crippen LogP contribution in [0.1, 0.15) is 13.8 Å². The molecular weight excluding hydrogens is 335 g/mol. The zero-order valence-corrected chi connectivity index (χ0v) is 14.7. The molecule has 0 saturated heterocycles. The number of aromatic nitrogens is 3. The van der Waals surface area contributed by atoms with E-state index in [0.717, 1.165) is 26.6 Å². The average molecular weight is 352 g/mol. The summed E-state index contributed by atoms with van der Waals surface area (Å²) in [5.74, 6) is -0.277. The Balaban J connectivity index is 1.76. The maximum Gasteiger partial charge on any atom is 0.183 e. The highest BCUT2D eigenvalue weighted by Gasteiger charge is 2.11. The maximum atomic E-state index is 13.6. The Morgan fingerprint density at radius 1 is 1.12 bits per heavy atom. The minimum absolute atomic E-state index is 0.277. The third-order valence-electron chi connectivity index (χ3n) is 3.79. The normalized spacial score (nSPS) is 11.4. The number of fused-ring (bicyclic) bond motifs is 1. The quantitative estimate of drug-likeness (QED) is 0.555. The van der Waals surface area contributed by atoms with Crippen LogP contribution in [0.2, 0.25) is 0 Å². The molecule has 2 aromatic carbocycles. The lowest BCUT2D eigenvalue weighted by atomic mass is 10.1. The Labute approximate surface area is 149 Å². The van der Waals surface area contributed by atoms with Crippen LogP contribution in [-0.4, -0.2) is 20.8 Å². The molecule has 0 aliphatic carbocycles. The molecule has 0 unspecified atom stereocenters. The van der Waals surface area contributed by atoms with Crippen molar-refractivity contribution in [1.82, 2.24) is 14.8 Å². The van der Waals surface area contributed by atoms with Crippen LogP contribution in [0.4, 0.5) is 9.52 Å². The van der Waals surface area contributed by atoms with E-state index in [1.807, 2.05) is 24.3 Å². The van der Waals surface area contributed by atoms with Crippen LogP contribution in [0.3, 0.4) is 0 Å². The Kier molecular flexibility index (Phi) is 3.97. The Morgan fingerprint density at radius 3 is 2.80 bits per heavy atom. The summed E-state index contributed by atoms with van der Waals surface area (Å²) < 4.78 is 16.4. The van der Waals surface area contributed by atoms with Gasteiger partial charge in [-0.05, 0) is 50.2 Å². The van der Waals surface area contributed by atoms with E-state index in [9.17, 15) is 4.39 Å². The maximum absolute atomic E-state index is 13.6. The summed E-state index contributed by atoms with van der Waals surface area (Å²) in [6, 6.07) is 14.8. The molecule has 126 valence electrons. The largest absolute Gasteiger partial charge is 0.359 e. The molecule has 0 saturated carbocycles. The van der Waals surface area contributed by atoms with Gasteiger partial charge in [0.15, 0.2) is 5.13 Å². The molecule has 0 aliphatic heterocycles. The van der Waals surface area contributed by atoms with E-state index in [4.69, 9.17) is 0 Å². The molecule has 0 atom stereocenters.